The number of nitrogens with zero attached hydrogens (tertiary/aromatic N) is 1. The summed E-state index contributed by atoms with van der Waals surface area (Å²) in [5.74, 6) is 0. The topological polar surface area (TPSA) is 53.2 Å². The van der Waals surface area contributed by atoms with E-state index in [-0.39, 0.29) is 6.10 Å². The molecule has 0 amide bonds. The highest BCUT2D eigenvalue weighted by Gasteiger charge is 1.94. The van der Waals surface area contributed by atoms with E-state index in [9.17, 15) is 0 Å². The van der Waals surface area contributed by atoms with Gasteiger partial charge in [-0.05, 0) is 26.7 Å². The molecule has 0 radical (unpaired) electrons. The third-order valence-corrected chi connectivity index (χ3v) is 0.827. The number of aliphatic hydroxyl groups excluding tert-OH is 1. The van der Waals surface area contributed by atoms with Gasteiger partial charge in [-0.25, -0.2) is 0 Å². The summed E-state index contributed by atoms with van der Waals surface area (Å²) in [6.07, 6.45) is 2.39. The SMILES string of the molecule is C1CCOC1.CC#N.CC(C)O. The Balaban J connectivity index is 0. The van der Waals surface area contributed by atoms with Crippen molar-refractivity contribution >= 4 is 0 Å². The summed E-state index contributed by atoms with van der Waals surface area (Å²) in [7, 11) is 0. The highest BCUT2D eigenvalue weighted by atomic mass is 16.5. The minimum Gasteiger partial charge on any atom is -0.394 e. The van der Waals surface area contributed by atoms with E-state index in [4.69, 9.17) is 15.1 Å². The third-order valence-electron chi connectivity index (χ3n) is 0.827. The van der Waals surface area contributed by atoms with Gasteiger partial charge >= 0.3 is 0 Å². The predicted octanol–water partition coefficient (Wildman–Crippen LogP) is 1.71. The number of ether oxygens (including phenoxy) is 1. The van der Waals surface area contributed by atoms with Crippen molar-refractivity contribution in [1.82, 2.24) is 0 Å². The van der Waals surface area contributed by atoms with Crippen LogP contribution in [0.1, 0.15) is 33.6 Å². The Hall–Kier alpha value is -0.590. The van der Waals surface area contributed by atoms with Crippen molar-refractivity contribution in [2.45, 2.75) is 39.7 Å². The molecule has 0 aromatic rings. The molecule has 1 saturated heterocycles. The van der Waals surface area contributed by atoms with E-state index < -0.39 is 0 Å². The highest BCUT2D eigenvalue weighted by molar-refractivity contribution is 4.51. The normalized spacial score (nSPS) is 13.7. The fourth-order valence-corrected chi connectivity index (χ4v) is 0.510. The van der Waals surface area contributed by atoms with Gasteiger partial charge in [0.15, 0.2) is 0 Å². The molecular weight excluding hydrogens is 154 g/mol. The van der Waals surface area contributed by atoms with Crippen LogP contribution in [0.5, 0.6) is 0 Å². The van der Waals surface area contributed by atoms with E-state index in [1.165, 1.54) is 19.8 Å². The molecule has 72 valence electrons. The highest BCUT2D eigenvalue weighted by Crippen LogP contribution is 1.98. The van der Waals surface area contributed by atoms with Crippen LogP contribution < -0.4 is 0 Å². The molecule has 0 aromatic heterocycles. The smallest absolute Gasteiger partial charge is 0.0587 e. The Morgan fingerprint density at radius 3 is 1.67 bits per heavy atom. The van der Waals surface area contributed by atoms with Crippen LogP contribution >= 0.6 is 0 Å². The Bertz CT molecular complexity index is 93.2. The number of aliphatic hydroxyl groups is 1. The van der Waals surface area contributed by atoms with Gasteiger partial charge in [0.2, 0.25) is 0 Å². The molecule has 0 spiro atoms. The van der Waals surface area contributed by atoms with Gasteiger partial charge in [-0.3, -0.25) is 0 Å². The van der Waals surface area contributed by atoms with Gasteiger partial charge in [0, 0.05) is 26.2 Å². The molecule has 1 N–H and O–H groups in total. The van der Waals surface area contributed by atoms with Crippen LogP contribution in [-0.4, -0.2) is 24.4 Å². The fraction of sp³-hybridized carbons (Fsp3) is 0.889. The maximum Gasteiger partial charge on any atom is 0.0587 e. The second-order valence-electron chi connectivity index (χ2n) is 2.64. The maximum absolute atomic E-state index is 8.06. The monoisotopic (exact) mass is 173 g/mol. The summed E-state index contributed by atoms with van der Waals surface area (Å²) in [6.45, 7) is 6.88. The average molecular weight is 173 g/mol. The summed E-state index contributed by atoms with van der Waals surface area (Å²) < 4.78 is 4.94. The quantitative estimate of drug-likeness (QED) is 0.606. The largest absolute Gasteiger partial charge is 0.394 e. The van der Waals surface area contributed by atoms with Crippen molar-refractivity contribution in [2.24, 2.45) is 0 Å². The van der Waals surface area contributed by atoms with E-state index in [0.29, 0.717) is 0 Å². The third kappa shape index (κ3) is 34.2. The van der Waals surface area contributed by atoms with E-state index in [0.717, 1.165) is 13.2 Å². The summed E-state index contributed by atoms with van der Waals surface area (Å²) in [6, 6.07) is 1.75. The summed E-state index contributed by atoms with van der Waals surface area (Å²) in [5.41, 5.74) is 0. The van der Waals surface area contributed by atoms with Crippen molar-refractivity contribution in [3.8, 4) is 6.07 Å². The fourth-order valence-electron chi connectivity index (χ4n) is 0.510. The maximum atomic E-state index is 8.06. The first-order valence-electron chi connectivity index (χ1n) is 4.21. The second-order valence-corrected chi connectivity index (χ2v) is 2.64. The zero-order valence-electron chi connectivity index (χ0n) is 8.21. The van der Waals surface area contributed by atoms with Gasteiger partial charge in [-0.1, -0.05) is 0 Å². The van der Waals surface area contributed by atoms with E-state index in [1.54, 1.807) is 19.9 Å². The van der Waals surface area contributed by atoms with Crippen LogP contribution in [0.3, 0.4) is 0 Å². The standard InChI is InChI=1S/C4H8O.C3H8O.C2H3N/c1-2-4-5-3-1;1-3(2)4;1-2-3/h1-4H2;3-4H,1-2H3;1H3. The molecule has 1 aliphatic rings. The molecule has 0 saturated carbocycles. The van der Waals surface area contributed by atoms with Crippen LogP contribution in [0, 0.1) is 11.3 Å². The Kier molecular flexibility index (Phi) is 15.2. The zero-order valence-corrected chi connectivity index (χ0v) is 8.21. The molecule has 0 atom stereocenters. The molecule has 1 heterocycles. The van der Waals surface area contributed by atoms with Crippen molar-refractivity contribution in [3.05, 3.63) is 0 Å². The zero-order chi connectivity index (χ0) is 9.82. The Morgan fingerprint density at radius 1 is 1.33 bits per heavy atom. The molecular formula is C9H19NO2. The summed E-state index contributed by atoms with van der Waals surface area (Å²) in [4.78, 5) is 0. The second kappa shape index (κ2) is 13.0. The van der Waals surface area contributed by atoms with Gasteiger partial charge in [0.1, 0.15) is 0 Å². The summed E-state index contributed by atoms with van der Waals surface area (Å²) >= 11 is 0. The van der Waals surface area contributed by atoms with Gasteiger partial charge in [-0.2, -0.15) is 5.26 Å². The molecule has 3 nitrogen and oxygen atoms in total. The van der Waals surface area contributed by atoms with Crippen LogP contribution in [0.15, 0.2) is 0 Å². The lowest BCUT2D eigenvalue weighted by Crippen LogP contribution is -1.85. The van der Waals surface area contributed by atoms with Crippen molar-refractivity contribution < 1.29 is 9.84 Å². The molecule has 0 unspecified atom stereocenters. The molecule has 1 rings (SSSR count). The van der Waals surface area contributed by atoms with Crippen molar-refractivity contribution in [1.29, 1.82) is 5.26 Å². The van der Waals surface area contributed by atoms with E-state index in [1.807, 2.05) is 0 Å². The lowest BCUT2D eigenvalue weighted by atomic mass is 10.4. The van der Waals surface area contributed by atoms with Crippen LogP contribution in [0.4, 0.5) is 0 Å². The van der Waals surface area contributed by atoms with E-state index in [2.05, 4.69) is 0 Å². The van der Waals surface area contributed by atoms with E-state index >= 15 is 0 Å². The van der Waals surface area contributed by atoms with Crippen molar-refractivity contribution in [2.75, 3.05) is 13.2 Å². The lowest BCUT2D eigenvalue weighted by Gasteiger charge is -1.80. The first-order chi connectivity index (χ1) is 5.65. The minimum atomic E-state index is -0.167. The van der Waals surface area contributed by atoms with Crippen LogP contribution in [-0.2, 0) is 4.74 Å². The van der Waals surface area contributed by atoms with Crippen LogP contribution in [0.25, 0.3) is 0 Å². The van der Waals surface area contributed by atoms with Crippen molar-refractivity contribution in [3.63, 3.8) is 0 Å². The molecule has 3 heteroatoms. The molecule has 0 aromatic carbocycles. The molecule has 1 aliphatic heterocycles. The van der Waals surface area contributed by atoms with Crippen LogP contribution in [0.2, 0.25) is 0 Å². The minimum absolute atomic E-state index is 0.167. The number of hydrogen-bond acceptors (Lipinski definition) is 3. The first-order valence-corrected chi connectivity index (χ1v) is 4.21. The van der Waals surface area contributed by atoms with Gasteiger partial charge in [0.05, 0.1) is 6.07 Å². The lowest BCUT2D eigenvalue weighted by molar-refractivity contribution is 0.198. The Labute approximate surface area is 75.0 Å². The summed E-state index contributed by atoms with van der Waals surface area (Å²) in [5, 5.41) is 15.4. The Morgan fingerprint density at radius 2 is 1.58 bits per heavy atom. The van der Waals surface area contributed by atoms with Gasteiger partial charge in [0.25, 0.3) is 0 Å². The molecule has 0 aliphatic carbocycles. The number of rotatable bonds is 0. The number of nitriles is 1. The molecule has 12 heavy (non-hydrogen) atoms. The predicted molar refractivity (Wildman–Crippen MR) is 48.7 cm³/mol. The molecule has 1 fully saturated rings. The number of hydrogen-bond donors (Lipinski definition) is 1. The van der Waals surface area contributed by atoms with Gasteiger partial charge in [-0.15, -0.1) is 0 Å². The molecule has 0 bridgehead atoms. The average Bonchev–Trinajstić information content (AvgIpc) is 2.40. The van der Waals surface area contributed by atoms with Gasteiger partial charge < -0.3 is 9.84 Å². The first kappa shape index (κ1) is 14.0.